The summed E-state index contributed by atoms with van der Waals surface area (Å²) in [4.78, 5) is 7.89. The Labute approximate surface area is 89.7 Å². The third-order valence-electron chi connectivity index (χ3n) is 2.34. The number of aromatic nitrogens is 2. The number of para-hydroxylation sites is 1. The van der Waals surface area contributed by atoms with Gasteiger partial charge in [0.05, 0.1) is 11.1 Å². The molecule has 1 aromatic carbocycles. The predicted octanol–water partition coefficient (Wildman–Crippen LogP) is 3.06. The van der Waals surface area contributed by atoms with Crippen LogP contribution in [0.15, 0.2) is 18.2 Å². The molecule has 2 rings (SSSR count). The van der Waals surface area contributed by atoms with Gasteiger partial charge >= 0.3 is 0 Å². The first-order valence-electron chi connectivity index (χ1n) is 5.13. The topological polar surface area (TPSA) is 28.7 Å². The first-order chi connectivity index (χ1) is 7.22. The largest absolute Gasteiger partial charge is 0.342 e. The van der Waals surface area contributed by atoms with Crippen molar-refractivity contribution >= 4 is 11.0 Å². The molecular formula is C13H14N2. The zero-order chi connectivity index (χ0) is 10.8. The van der Waals surface area contributed by atoms with Gasteiger partial charge in [0.25, 0.3) is 0 Å². The van der Waals surface area contributed by atoms with Crippen LogP contribution in [-0.4, -0.2) is 9.97 Å². The van der Waals surface area contributed by atoms with Gasteiger partial charge < -0.3 is 4.98 Å². The maximum absolute atomic E-state index is 4.57. The zero-order valence-electron chi connectivity index (χ0n) is 9.26. The second kappa shape index (κ2) is 3.78. The van der Waals surface area contributed by atoms with E-state index in [2.05, 4.69) is 35.7 Å². The summed E-state index contributed by atoms with van der Waals surface area (Å²) in [6.07, 6.45) is 0. The summed E-state index contributed by atoms with van der Waals surface area (Å²) < 4.78 is 0. The Bertz CT molecular complexity index is 538. The van der Waals surface area contributed by atoms with E-state index >= 15 is 0 Å². The van der Waals surface area contributed by atoms with Crippen molar-refractivity contribution in [2.24, 2.45) is 0 Å². The van der Waals surface area contributed by atoms with Crippen LogP contribution in [0.4, 0.5) is 0 Å². The standard InChI is InChI=1S/C13H14N2/c1-4-6-10-7-5-8-11-12(10)15-13(14-11)9(2)3/h5,7-9H,1-3H3,(H,14,15). The SMILES string of the molecule is CC#Cc1cccc2[nH]c(C(C)C)nc12. The number of aromatic amines is 1. The number of nitrogens with zero attached hydrogens (tertiary/aromatic N) is 1. The molecular weight excluding hydrogens is 184 g/mol. The minimum atomic E-state index is 0.417. The Morgan fingerprint density at radius 3 is 2.80 bits per heavy atom. The van der Waals surface area contributed by atoms with Crippen LogP contribution in [0, 0.1) is 11.8 Å². The highest BCUT2D eigenvalue weighted by molar-refractivity contribution is 5.81. The Hall–Kier alpha value is -1.75. The lowest BCUT2D eigenvalue weighted by molar-refractivity contribution is 0.799. The second-order valence-electron chi connectivity index (χ2n) is 3.85. The molecule has 0 amide bonds. The van der Waals surface area contributed by atoms with Gasteiger partial charge in [-0.15, -0.1) is 5.92 Å². The number of benzene rings is 1. The van der Waals surface area contributed by atoms with E-state index in [0.29, 0.717) is 5.92 Å². The highest BCUT2D eigenvalue weighted by atomic mass is 14.9. The molecule has 2 nitrogen and oxygen atoms in total. The van der Waals surface area contributed by atoms with Gasteiger partial charge in [0.1, 0.15) is 11.3 Å². The van der Waals surface area contributed by atoms with Crippen LogP contribution in [0.5, 0.6) is 0 Å². The Morgan fingerprint density at radius 2 is 2.13 bits per heavy atom. The normalized spacial score (nSPS) is 10.4. The lowest BCUT2D eigenvalue weighted by Crippen LogP contribution is -1.88. The van der Waals surface area contributed by atoms with Gasteiger partial charge in [-0.2, -0.15) is 0 Å². The summed E-state index contributed by atoms with van der Waals surface area (Å²) in [6.45, 7) is 6.10. The highest BCUT2D eigenvalue weighted by Crippen LogP contribution is 2.19. The fourth-order valence-corrected chi connectivity index (χ4v) is 1.56. The molecule has 1 heterocycles. The lowest BCUT2D eigenvalue weighted by atomic mass is 10.2. The first-order valence-corrected chi connectivity index (χ1v) is 5.13. The van der Waals surface area contributed by atoms with Gasteiger partial charge in [0.2, 0.25) is 0 Å². The average molecular weight is 198 g/mol. The molecule has 0 spiro atoms. The molecule has 0 unspecified atom stereocenters. The molecule has 0 bridgehead atoms. The molecule has 0 aliphatic rings. The van der Waals surface area contributed by atoms with Gasteiger partial charge in [0, 0.05) is 5.92 Å². The summed E-state index contributed by atoms with van der Waals surface area (Å²) in [6, 6.07) is 6.04. The molecule has 0 aliphatic carbocycles. The Balaban J connectivity index is 2.67. The van der Waals surface area contributed by atoms with E-state index < -0.39 is 0 Å². The summed E-state index contributed by atoms with van der Waals surface area (Å²) in [7, 11) is 0. The van der Waals surface area contributed by atoms with Crippen LogP contribution in [0.1, 0.15) is 38.1 Å². The summed E-state index contributed by atoms with van der Waals surface area (Å²) in [5.41, 5.74) is 3.05. The number of hydrogen-bond acceptors (Lipinski definition) is 1. The smallest absolute Gasteiger partial charge is 0.109 e. The van der Waals surface area contributed by atoms with E-state index in [1.54, 1.807) is 0 Å². The van der Waals surface area contributed by atoms with Crippen molar-refractivity contribution in [2.45, 2.75) is 26.7 Å². The van der Waals surface area contributed by atoms with Crippen molar-refractivity contribution in [2.75, 3.05) is 0 Å². The van der Waals surface area contributed by atoms with Crippen molar-refractivity contribution in [1.29, 1.82) is 0 Å². The number of fused-ring (bicyclic) bond motifs is 1. The van der Waals surface area contributed by atoms with Crippen molar-refractivity contribution in [3.63, 3.8) is 0 Å². The van der Waals surface area contributed by atoms with E-state index in [4.69, 9.17) is 0 Å². The van der Waals surface area contributed by atoms with Crippen molar-refractivity contribution in [3.8, 4) is 11.8 Å². The van der Waals surface area contributed by atoms with Crippen LogP contribution >= 0.6 is 0 Å². The molecule has 0 saturated heterocycles. The molecule has 0 radical (unpaired) electrons. The van der Waals surface area contributed by atoms with E-state index in [1.807, 2.05) is 25.1 Å². The number of imidazole rings is 1. The maximum Gasteiger partial charge on any atom is 0.109 e. The summed E-state index contributed by atoms with van der Waals surface area (Å²) in [5, 5.41) is 0. The van der Waals surface area contributed by atoms with Crippen LogP contribution in [-0.2, 0) is 0 Å². The van der Waals surface area contributed by atoms with Crippen LogP contribution in [0.2, 0.25) is 0 Å². The van der Waals surface area contributed by atoms with Crippen LogP contribution in [0.25, 0.3) is 11.0 Å². The number of hydrogen-bond donors (Lipinski definition) is 1. The average Bonchev–Trinajstić information content (AvgIpc) is 2.63. The molecule has 2 aromatic rings. The quantitative estimate of drug-likeness (QED) is 0.701. The monoisotopic (exact) mass is 198 g/mol. The molecule has 15 heavy (non-hydrogen) atoms. The van der Waals surface area contributed by atoms with Crippen molar-refractivity contribution in [1.82, 2.24) is 9.97 Å². The molecule has 0 aliphatic heterocycles. The third-order valence-corrected chi connectivity index (χ3v) is 2.34. The number of H-pyrrole nitrogens is 1. The van der Waals surface area contributed by atoms with Gasteiger partial charge in [-0.25, -0.2) is 4.98 Å². The molecule has 1 aromatic heterocycles. The highest BCUT2D eigenvalue weighted by Gasteiger charge is 2.07. The molecule has 76 valence electrons. The molecule has 0 fully saturated rings. The van der Waals surface area contributed by atoms with Crippen LogP contribution in [0.3, 0.4) is 0 Å². The zero-order valence-corrected chi connectivity index (χ0v) is 9.26. The minimum absolute atomic E-state index is 0.417. The Morgan fingerprint density at radius 1 is 1.33 bits per heavy atom. The predicted molar refractivity (Wildman–Crippen MR) is 62.7 cm³/mol. The molecule has 1 N–H and O–H groups in total. The Kier molecular flexibility index (Phi) is 2.47. The lowest BCUT2D eigenvalue weighted by Gasteiger charge is -1.95. The third kappa shape index (κ3) is 1.73. The van der Waals surface area contributed by atoms with E-state index in [-0.39, 0.29) is 0 Å². The summed E-state index contributed by atoms with van der Waals surface area (Å²) in [5.74, 6) is 7.42. The maximum atomic E-state index is 4.57. The summed E-state index contributed by atoms with van der Waals surface area (Å²) >= 11 is 0. The first kappa shape index (κ1) is 9.79. The van der Waals surface area contributed by atoms with Crippen molar-refractivity contribution < 1.29 is 0 Å². The van der Waals surface area contributed by atoms with Crippen LogP contribution < -0.4 is 0 Å². The van der Waals surface area contributed by atoms with E-state index in [1.165, 1.54) is 0 Å². The molecule has 0 saturated carbocycles. The second-order valence-corrected chi connectivity index (χ2v) is 3.85. The minimum Gasteiger partial charge on any atom is -0.342 e. The van der Waals surface area contributed by atoms with Gasteiger partial charge in [-0.1, -0.05) is 25.8 Å². The fraction of sp³-hybridized carbons (Fsp3) is 0.308. The number of rotatable bonds is 1. The fourth-order valence-electron chi connectivity index (χ4n) is 1.56. The molecule has 2 heteroatoms. The van der Waals surface area contributed by atoms with Gasteiger partial charge in [-0.05, 0) is 19.1 Å². The van der Waals surface area contributed by atoms with Crippen molar-refractivity contribution in [3.05, 3.63) is 29.6 Å². The molecule has 0 atom stereocenters. The van der Waals surface area contributed by atoms with Gasteiger partial charge in [-0.3, -0.25) is 0 Å². The van der Waals surface area contributed by atoms with E-state index in [0.717, 1.165) is 22.4 Å². The number of nitrogens with one attached hydrogen (secondary N) is 1. The van der Waals surface area contributed by atoms with E-state index in [9.17, 15) is 0 Å². The van der Waals surface area contributed by atoms with Gasteiger partial charge in [0.15, 0.2) is 0 Å².